The highest BCUT2D eigenvalue weighted by Crippen LogP contribution is 2.47. The third-order valence-corrected chi connectivity index (χ3v) is 7.79. The molecule has 1 aromatic carbocycles. The van der Waals surface area contributed by atoms with Crippen molar-refractivity contribution in [2.45, 2.75) is 90.6 Å². The lowest BCUT2D eigenvalue weighted by atomic mass is 9.86. The van der Waals surface area contributed by atoms with Crippen molar-refractivity contribution in [3.63, 3.8) is 0 Å². The first-order valence-electron chi connectivity index (χ1n) is 12.4. The molecular formula is C28H38N2O4. The average molecular weight is 467 g/mol. The predicted molar refractivity (Wildman–Crippen MR) is 134 cm³/mol. The van der Waals surface area contributed by atoms with E-state index in [4.69, 9.17) is 9.47 Å². The van der Waals surface area contributed by atoms with Gasteiger partial charge in [0.25, 0.3) is 0 Å². The Morgan fingerprint density at radius 1 is 1.18 bits per heavy atom. The normalized spacial score (nSPS) is 34.9. The van der Waals surface area contributed by atoms with E-state index >= 15 is 0 Å². The third kappa shape index (κ3) is 5.22. The highest BCUT2D eigenvalue weighted by molar-refractivity contribution is 5.94. The Balaban J connectivity index is 1.62. The van der Waals surface area contributed by atoms with Gasteiger partial charge in [-0.05, 0) is 69.7 Å². The summed E-state index contributed by atoms with van der Waals surface area (Å²) in [4.78, 5) is 27.2. The summed E-state index contributed by atoms with van der Waals surface area (Å²) in [7, 11) is 1.87. The summed E-state index contributed by atoms with van der Waals surface area (Å²) in [6, 6.07) is 4.40. The number of ether oxygens (including phenoxy) is 2. The molecule has 184 valence electrons. The van der Waals surface area contributed by atoms with Crippen LogP contribution in [0.25, 0.3) is 0 Å². The summed E-state index contributed by atoms with van der Waals surface area (Å²) in [5.41, 5.74) is 5.37. The van der Waals surface area contributed by atoms with Crippen LogP contribution in [0.2, 0.25) is 0 Å². The SMILES string of the molecule is C/C1=C\C=C\CC2CC(OC(=O)N2)[C@@H](C)C2O[C@]2(C)CCC(=O)N(C)c2cc(cc(C)c2C)C1. The molecule has 1 aromatic rings. The molecule has 3 aliphatic heterocycles. The molecule has 0 aromatic heterocycles. The molecule has 34 heavy (non-hydrogen) atoms. The number of benzene rings is 1. The van der Waals surface area contributed by atoms with Gasteiger partial charge in [0.15, 0.2) is 0 Å². The van der Waals surface area contributed by atoms with Crippen molar-refractivity contribution in [2.24, 2.45) is 5.92 Å². The molecule has 6 heteroatoms. The smallest absolute Gasteiger partial charge is 0.407 e. The summed E-state index contributed by atoms with van der Waals surface area (Å²) in [5, 5.41) is 2.95. The quantitative estimate of drug-likeness (QED) is 0.537. The highest BCUT2D eigenvalue weighted by Gasteiger charge is 2.57. The lowest BCUT2D eigenvalue weighted by Gasteiger charge is -2.33. The second-order valence-corrected chi connectivity index (χ2v) is 10.6. The molecule has 2 saturated heterocycles. The maximum atomic E-state index is 13.2. The Morgan fingerprint density at radius 3 is 2.71 bits per heavy atom. The van der Waals surface area contributed by atoms with E-state index in [0.29, 0.717) is 12.8 Å². The van der Waals surface area contributed by atoms with E-state index < -0.39 is 0 Å². The second-order valence-electron chi connectivity index (χ2n) is 10.6. The maximum Gasteiger partial charge on any atom is 0.407 e. The monoisotopic (exact) mass is 466 g/mol. The zero-order valence-corrected chi connectivity index (χ0v) is 21.3. The van der Waals surface area contributed by atoms with Gasteiger partial charge in [-0.3, -0.25) is 4.79 Å². The van der Waals surface area contributed by atoms with Gasteiger partial charge >= 0.3 is 6.09 Å². The summed E-state index contributed by atoms with van der Waals surface area (Å²) in [6.45, 7) is 10.5. The molecule has 3 unspecified atom stereocenters. The van der Waals surface area contributed by atoms with Crippen molar-refractivity contribution < 1.29 is 19.1 Å². The van der Waals surface area contributed by atoms with Crippen LogP contribution in [0.1, 0.15) is 63.1 Å². The number of rotatable bonds is 0. The van der Waals surface area contributed by atoms with E-state index in [9.17, 15) is 9.59 Å². The van der Waals surface area contributed by atoms with Crippen LogP contribution >= 0.6 is 0 Å². The van der Waals surface area contributed by atoms with Crippen molar-refractivity contribution in [3.05, 3.63) is 52.6 Å². The molecule has 0 spiro atoms. The zero-order chi connectivity index (χ0) is 24.6. The molecule has 4 bridgehead atoms. The standard InChI is InChI=1S/C28H38N2O4/c1-17-9-7-8-10-22-16-24(33-27(32)29-22)20(4)26-28(5,34-26)12-11-25(31)30(6)23-15-21(13-17)14-18(2)19(23)3/h7-9,14-15,20,22,24,26H,10-13,16H2,1-6H3,(H,29,32)/b8-7+,17-9+/t20-,22?,24?,26?,28-/m1/s1. The summed E-state index contributed by atoms with van der Waals surface area (Å²) in [6.07, 6.45) is 9.15. The van der Waals surface area contributed by atoms with Crippen LogP contribution in [0, 0.1) is 19.8 Å². The molecule has 0 aliphatic carbocycles. The van der Waals surface area contributed by atoms with Gasteiger partial charge in [-0.15, -0.1) is 0 Å². The van der Waals surface area contributed by atoms with E-state index in [1.807, 2.05) is 7.05 Å². The highest BCUT2D eigenvalue weighted by atomic mass is 16.6. The van der Waals surface area contributed by atoms with Crippen LogP contribution < -0.4 is 10.2 Å². The second kappa shape index (κ2) is 9.57. The fourth-order valence-electron chi connectivity index (χ4n) is 5.40. The largest absolute Gasteiger partial charge is 0.446 e. The number of carbonyl (C=O) groups is 2. The van der Waals surface area contributed by atoms with Gasteiger partial charge in [0.2, 0.25) is 5.91 Å². The first-order chi connectivity index (χ1) is 16.1. The van der Waals surface area contributed by atoms with Gasteiger partial charge in [0, 0.05) is 37.5 Å². The topological polar surface area (TPSA) is 71.2 Å². The van der Waals surface area contributed by atoms with Gasteiger partial charge < -0.3 is 19.7 Å². The van der Waals surface area contributed by atoms with Crippen molar-refractivity contribution in [1.82, 2.24) is 5.32 Å². The Morgan fingerprint density at radius 2 is 1.94 bits per heavy atom. The molecule has 3 heterocycles. The molecule has 3 aliphatic rings. The van der Waals surface area contributed by atoms with Crippen molar-refractivity contribution in [3.8, 4) is 0 Å². The first-order valence-corrected chi connectivity index (χ1v) is 12.4. The number of hydrogen-bond donors (Lipinski definition) is 1. The van der Waals surface area contributed by atoms with Gasteiger partial charge in [-0.2, -0.15) is 0 Å². The van der Waals surface area contributed by atoms with Gasteiger partial charge in [0.05, 0.1) is 11.7 Å². The van der Waals surface area contributed by atoms with Crippen molar-refractivity contribution in [2.75, 3.05) is 11.9 Å². The van der Waals surface area contributed by atoms with Crippen LogP contribution in [0.5, 0.6) is 0 Å². The van der Waals surface area contributed by atoms with E-state index in [0.717, 1.165) is 30.5 Å². The number of aryl methyl sites for hydroxylation is 1. The van der Waals surface area contributed by atoms with Gasteiger partial charge in [-0.1, -0.05) is 36.8 Å². The molecule has 1 N–H and O–H groups in total. The average Bonchev–Trinajstić information content (AvgIpc) is 3.47. The number of amides is 2. The van der Waals surface area contributed by atoms with Crippen molar-refractivity contribution >= 4 is 17.7 Å². The lowest BCUT2D eigenvalue weighted by Crippen LogP contribution is -2.48. The number of alkyl carbamates (subject to hydrolysis) is 1. The van der Waals surface area contributed by atoms with E-state index in [-0.39, 0.29) is 41.8 Å². The molecule has 2 amide bonds. The Labute approximate surface area is 203 Å². The number of nitrogens with zero attached hydrogens (tertiary/aromatic N) is 1. The van der Waals surface area contributed by atoms with Crippen LogP contribution in [-0.4, -0.2) is 42.9 Å². The maximum absolute atomic E-state index is 13.2. The predicted octanol–water partition coefficient (Wildman–Crippen LogP) is 5.16. The Hall–Kier alpha value is -2.60. The van der Waals surface area contributed by atoms with Crippen LogP contribution in [0.15, 0.2) is 35.9 Å². The summed E-state index contributed by atoms with van der Waals surface area (Å²) >= 11 is 0. The molecule has 4 rings (SSSR count). The molecule has 2 fully saturated rings. The number of carbonyl (C=O) groups excluding carboxylic acids is 2. The molecule has 5 atom stereocenters. The van der Waals surface area contributed by atoms with E-state index in [1.54, 1.807) is 4.90 Å². The van der Waals surface area contributed by atoms with E-state index in [1.165, 1.54) is 16.7 Å². The molecular weight excluding hydrogens is 428 g/mol. The third-order valence-electron chi connectivity index (χ3n) is 7.79. The Kier molecular flexibility index (Phi) is 6.90. The molecule has 6 nitrogen and oxygen atoms in total. The number of epoxide rings is 1. The van der Waals surface area contributed by atoms with Crippen molar-refractivity contribution in [1.29, 1.82) is 0 Å². The number of hydrogen-bond acceptors (Lipinski definition) is 4. The lowest BCUT2D eigenvalue weighted by molar-refractivity contribution is -0.118. The fraction of sp³-hybridized carbons (Fsp3) is 0.571. The first kappa shape index (κ1) is 24.5. The molecule has 0 radical (unpaired) electrons. The van der Waals surface area contributed by atoms with Crippen LogP contribution in [0.4, 0.5) is 10.5 Å². The minimum Gasteiger partial charge on any atom is -0.446 e. The van der Waals surface area contributed by atoms with E-state index in [2.05, 4.69) is 70.3 Å². The number of fused-ring (bicyclic) bond motifs is 5. The number of nitrogens with one attached hydrogen (secondary N) is 1. The van der Waals surface area contributed by atoms with Gasteiger partial charge in [0.1, 0.15) is 6.10 Å². The Bertz CT molecular complexity index is 1030. The molecule has 0 saturated carbocycles. The zero-order valence-electron chi connectivity index (χ0n) is 21.3. The fourth-order valence-corrected chi connectivity index (χ4v) is 5.40. The summed E-state index contributed by atoms with van der Waals surface area (Å²) < 4.78 is 11.7. The van der Waals surface area contributed by atoms with Crippen LogP contribution in [0.3, 0.4) is 0 Å². The number of allylic oxidation sites excluding steroid dienone is 3. The van der Waals surface area contributed by atoms with Gasteiger partial charge in [-0.25, -0.2) is 4.79 Å². The number of anilines is 1. The minimum absolute atomic E-state index is 0.0160. The summed E-state index contributed by atoms with van der Waals surface area (Å²) in [5.74, 6) is 0.158. The van der Waals surface area contributed by atoms with Crippen LogP contribution in [-0.2, 0) is 20.7 Å². The minimum atomic E-state index is -0.362.